The third-order valence-electron chi connectivity index (χ3n) is 3.74. The van der Waals surface area contributed by atoms with Gasteiger partial charge in [0.25, 0.3) is 5.91 Å². The molecule has 0 aliphatic rings. The summed E-state index contributed by atoms with van der Waals surface area (Å²) in [5.74, 6) is -1.62. The van der Waals surface area contributed by atoms with E-state index in [1.807, 2.05) is 0 Å². The number of hydrogen-bond acceptors (Lipinski definition) is 4. The number of rotatable bonds is 7. The van der Waals surface area contributed by atoms with Crippen LogP contribution in [0.4, 0.5) is 4.39 Å². The first-order valence-corrected chi connectivity index (χ1v) is 8.78. The summed E-state index contributed by atoms with van der Waals surface area (Å²) in [6.45, 7) is 1.29. The van der Waals surface area contributed by atoms with Gasteiger partial charge in [-0.15, -0.1) is 0 Å². The van der Waals surface area contributed by atoms with E-state index in [0.29, 0.717) is 21.2 Å². The average Bonchev–Trinajstić information content (AvgIpc) is 2.60. The minimum Gasteiger partial charge on any atom is -0.494 e. The van der Waals surface area contributed by atoms with Crippen LogP contribution in [0.25, 0.3) is 0 Å². The molecule has 1 atom stereocenters. The number of amides is 1. The largest absolute Gasteiger partial charge is 0.494 e. The molecule has 0 saturated carbocycles. The van der Waals surface area contributed by atoms with E-state index in [9.17, 15) is 14.0 Å². The van der Waals surface area contributed by atoms with E-state index in [4.69, 9.17) is 32.7 Å². The zero-order chi connectivity index (χ0) is 20.0. The van der Waals surface area contributed by atoms with Crippen molar-refractivity contribution in [3.63, 3.8) is 0 Å². The Bertz CT molecular complexity index is 844. The predicted octanol–water partition coefficient (Wildman–Crippen LogP) is 4.10. The van der Waals surface area contributed by atoms with Gasteiger partial charge in [-0.05, 0) is 42.3 Å². The fourth-order valence-corrected chi connectivity index (χ4v) is 2.97. The molecule has 2 aromatic carbocycles. The zero-order valence-electron chi connectivity index (χ0n) is 14.7. The van der Waals surface area contributed by atoms with Crippen molar-refractivity contribution in [2.24, 2.45) is 0 Å². The summed E-state index contributed by atoms with van der Waals surface area (Å²) in [5, 5.41) is 3.60. The number of carbonyl (C=O) groups is 2. The van der Waals surface area contributed by atoms with Gasteiger partial charge in [0.05, 0.1) is 19.6 Å². The summed E-state index contributed by atoms with van der Waals surface area (Å²) < 4.78 is 23.4. The molecule has 0 spiro atoms. The normalized spacial score (nSPS) is 11.6. The lowest BCUT2D eigenvalue weighted by atomic mass is 10.1. The Morgan fingerprint density at radius 2 is 1.93 bits per heavy atom. The Morgan fingerprint density at radius 3 is 2.56 bits per heavy atom. The summed E-state index contributed by atoms with van der Waals surface area (Å²) in [6, 6.07) is 8.71. The van der Waals surface area contributed by atoms with Gasteiger partial charge in [-0.3, -0.25) is 9.59 Å². The van der Waals surface area contributed by atoms with Gasteiger partial charge >= 0.3 is 5.97 Å². The molecule has 144 valence electrons. The fourth-order valence-electron chi connectivity index (χ4n) is 2.40. The second-order valence-electron chi connectivity index (χ2n) is 5.76. The molecule has 0 saturated heterocycles. The summed E-state index contributed by atoms with van der Waals surface area (Å²) in [4.78, 5) is 23.8. The minimum atomic E-state index is -0.646. The van der Waals surface area contributed by atoms with E-state index in [-0.39, 0.29) is 12.2 Å². The van der Waals surface area contributed by atoms with Crippen LogP contribution in [0.1, 0.15) is 24.1 Å². The third kappa shape index (κ3) is 6.12. The molecule has 0 unspecified atom stereocenters. The number of hydrogen-bond donors (Lipinski definition) is 1. The molecule has 5 nitrogen and oxygen atoms in total. The molecule has 2 aromatic rings. The van der Waals surface area contributed by atoms with Crippen molar-refractivity contribution in [1.29, 1.82) is 0 Å². The van der Waals surface area contributed by atoms with Crippen LogP contribution in [0.5, 0.6) is 5.75 Å². The van der Waals surface area contributed by atoms with Gasteiger partial charge in [0.1, 0.15) is 0 Å². The van der Waals surface area contributed by atoms with Gasteiger partial charge in [0.2, 0.25) is 0 Å². The highest BCUT2D eigenvalue weighted by molar-refractivity contribution is 6.35. The fraction of sp³-hybridized carbons (Fsp3) is 0.263. The summed E-state index contributed by atoms with van der Waals surface area (Å²) in [7, 11) is 1.35. The molecule has 0 aliphatic carbocycles. The standard InChI is InChI=1S/C19H18Cl2FNO4/c1-11(14-5-4-13(20)9-15(14)21)23-18(24)10-27-19(25)8-12-3-6-17(26-2)16(22)7-12/h3-7,9,11H,8,10H2,1-2H3,(H,23,24)/t11-/m1/s1. The van der Waals surface area contributed by atoms with E-state index in [2.05, 4.69) is 5.32 Å². The Kier molecular flexibility index (Phi) is 7.45. The van der Waals surface area contributed by atoms with Gasteiger partial charge in [-0.2, -0.15) is 0 Å². The molecule has 8 heteroatoms. The molecule has 0 fully saturated rings. The van der Waals surface area contributed by atoms with Crippen molar-refractivity contribution >= 4 is 35.1 Å². The number of methoxy groups -OCH3 is 1. The van der Waals surface area contributed by atoms with Crippen molar-refractivity contribution in [3.05, 3.63) is 63.4 Å². The number of carbonyl (C=O) groups excluding carboxylic acids is 2. The van der Waals surface area contributed by atoms with Crippen LogP contribution in [-0.2, 0) is 20.7 Å². The second kappa shape index (κ2) is 9.58. The quantitative estimate of drug-likeness (QED) is 0.693. The van der Waals surface area contributed by atoms with E-state index in [1.165, 1.54) is 19.2 Å². The molecule has 0 heterocycles. The second-order valence-corrected chi connectivity index (χ2v) is 6.61. The Morgan fingerprint density at radius 1 is 1.19 bits per heavy atom. The van der Waals surface area contributed by atoms with Gasteiger partial charge in [-0.1, -0.05) is 35.3 Å². The predicted molar refractivity (Wildman–Crippen MR) is 101 cm³/mol. The Balaban J connectivity index is 1.84. The van der Waals surface area contributed by atoms with Crippen LogP contribution in [0, 0.1) is 5.82 Å². The van der Waals surface area contributed by atoms with Gasteiger partial charge in [0, 0.05) is 10.0 Å². The Labute approximate surface area is 166 Å². The van der Waals surface area contributed by atoms with Crippen LogP contribution in [0.3, 0.4) is 0 Å². The van der Waals surface area contributed by atoms with E-state index >= 15 is 0 Å². The van der Waals surface area contributed by atoms with Crippen molar-refractivity contribution < 1.29 is 23.5 Å². The molecular weight excluding hydrogens is 396 g/mol. The molecule has 1 N–H and O–H groups in total. The first kappa shape index (κ1) is 21.0. The minimum absolute atomic E-state index is 0.0846. The van der Waals surface area contributed by atoms with Crippen LogP contribution in [0.15, 0.2) is 36.4 Å². The van der Waals surface area contributed by atoms with Gasteiger partial charge < -0.3 is 14.8 Å². The van der Waals surface area contributed by atoms with Crippen molar-refractivity contribution in [2.45, 2.75) is 19.4 Å². The first-order valence-electron chi connectivity index (χ1n) is 8.02. The van der Waals surface area contributed by atoms with Crippen LogP contribution >= 0.6 is 23.2 Å². The molecular formula is C19H18Cl2FNO4. The molecule has 27 heavy (non-hydrogen) atoms. The SMILES string of the molecule is COc1ccc(CC(=O)OCC(=O)N[C@H](C)c2ccc(Cl)cc2Cl)cc1F. The number of ether oxygens (including phenoxy) is 2. The van der Waals surface area contributed by atoms with Gasteiger partial charge in [-0.25, -0.2) is 4.39 Å². The molecule has 0 radical (unpaired) electrons. The van der Waals surface area contributed by atoms with Crippen LogP contribution in [-0.4, -0.2) is 25.6 Å². The van der Waals surface area contributed by atoms with E-state index < -0.39 is 30.3 Å². The van der Waals surface area contributed by atoms with Crippen molar-refractivity contribution in [1.82, 2.24) is 5.32 Å². The number of halogens is 3. The molecule has 2 rings (SSSR count). The highest BCUT2D eigenvalue weighted by atomic mass is 35.5. The average molecular weight is 414 g/mol. The summed E-state index contributed by atoms with van der Waals surface area (Å²) in [5.41, 5.74) is 1.11. The van der Waals surface area contributed by atoms with Crippen LogP contribution in [0.2, 0.25) is 10.0 Å². The summed E-state index contributed by atoms with van der Waals surface area (Å²) >= 11 is 11.9. The van der Waals surface area contributed by atoms with Crippen molar-refractivity contribution in [2.75, 3.05) is 13.7 Å². The molecule has 0 aliphatic heterocycles. The number of esters is 1. The zero-order valence-corrected chi connectivity index (χ0v) is 16.2. The smallest absolute Gasteiger partial charge is 0.310 e. The maximum Gasteiger partial charge on any atom is 0.310 e. The van der Waals surface area contributed by atoms with Crippen molar-refractivity contribution in [3.8, 4) is 5.75 Å². The Hall–Kier alpha value is -2.31. The lowest BCUT2D eigenvalue weighted by Gasteiger charge is -2.16. The third-order valence-corrected chi connectivity index (χ3v) is 4.30. The highest BCUT2D eigenvalue weighted by Gasteiger charge is 2.15. The topological polar surface area (TPSA) is 64.6 Å². The first-order chi connectivity index (χ1) is 12.8. The summed E-state index contributed by atoms with van der Waals surface area (Å²) in [6.07, 6.45) is -0.160. The molecule has 0 aromatic heterocycles. The number of benzene rings is 2. The lowest BCUT2D eigenvalue weighted by Crippen LogP contribution is -2.31. The molecule has 0 bridgehead atoms. The van der Waals surface area contributed by atoms with Crippen LogP contribution < -0.4 is 10.1 Å². The highest BCUT2D eigenvalue weighted by Crippen LogP contribution is 2.26. The monoisotopic (exact) mass is 413 g/mol. The van der Waals surface area contributed by atoms with E-state index in [0.717, 1.165) is 0 Å². The van der Waals surface area contributed by atoms with Gasteiger partial charge in [0.15, 0.2) is 18.2 Å². The number of nitrogens with one attached hydrogen (secondary N) is 1. The maximum atomic E-state index is 13.6. The maximum absolute atomic E-state index is 13.6. The van der Waals surface area contributed by atoms with E-state index in [1.54, 1.807) is 31.2 Å². The molecule has 1 amide bonds. The lowest BCUT2D eigenvalue weighted by molar-refractivity contribution is -0.148.